The number of fused-ring (bicyclic) bond motifs is 1. The number of benzene rings is 2. The number of rotatable bonds is 10. The van der Waals surface area contributed by atoms with Gasteiger partial charge in [0.25, 0.3) is 0 Å². The molecule has 0 fully saturated rings. The highest BCUT2D eigenvalue weighted by Gasteiger charge is 2.13. The Hall–Kier alpha value is -3.79. The number of aromatic nitrogens is 4. The summed E-state index contributed by atoms with van der Waals surface area (Å²) in [6, 6.07) is 17.1. The van der Waals surface area contributed by atoms with Crippen molar-refractivity contribution in [3.63, 3.8) is 0 Å². The largest absolute Gasteiger partial charge is 0.496 e. The van der Waals surface area contributed by atoms with Gasteiger partial charge in [0.15, 0.2) is 17.1 Å². The number of thioether (sulfide) groups is 1. The number of carbonyl (C=O) groups is 1. The molecule has 9 nitrogen and oxygen atoms in total. The quantitative estimate of drug-likeness (QED) is 0.346. The van der Waals surface area contributed by atoms with E-state index < -0.39 is 0 Å². The van der Waals surface area contributed by atoms with Gasteiger partial charge in [-0.05, 0) is 48.4 Å². The first-order valence-corrected chi connectivity index (χ1v) is 11.6. The molecule has 0 atom stereocenters. The average Bonchev–Trinajstić information content (AvgIpc) is 3.29. The Labute approximate surface area is 201 Å². The maximum atomic E-state index is 12.4. The second kappa shape index (κ2) is 10.9. The number of para-hydroxylation sites is 1. The lowest BCUT2D eigenvalue weighted by atomic mass is 10.1. The van der Waals surface area contributed by atoms with Crippen LogP contribution in [-0.4, -0.2) is 59.3 Å². The van der Waals surface area contributed by atoms with Crippen molar-refractivity contribution in [3.05, 3.63) is 60.2 Å². The van der Waals surface area contributed by atoms with Crippen LogP contribution in [0.25, 0.3) is 16.9 Å². The van der Waals surface area contributed by atoms with Gasteiger partial charge in [0.2, 0.25) is 11.1 Å². The monoisotopic (exact) mass is 479 g/mol. The third-order valence-corrected chi connectivity index (χ3v) is 6.05. The molecule has 10 heteroatoms. The molecule has 2 aromatic carbocycles. The number of hydrogen-bond donors (Lipinski definition) is 1. The molecule has 1 amide bonds. The number of methoxy groups -OCH3 is 3. The van der Waals surface area contributed by atoms with E-state index in [-0.39, 0.29) is 11.7 Å². The van der Waals surface area contributed by atoms with Crippen LogP contribution in [-0.2, 0) is 11.2 Å². The van der Waals surface area contributed by atoms with E-state index in [0.717, 1.165) is 22.6 Å². The maximum Gasteiger partial charge on any atom is 0.230 e. The Bertz CT molecular complexity index is 1290. The molecule has 34 heavy (non-hydrogen) atoms. The Morgan fingerprint density at radius 3 is 2.53 bits per heavy atom. The van der Waals surface area contributed by atoms with Gasteiger partial charge in [-0.15, -0.1) is 10.2 Å². The van der Waals surface area contributed by atoms with Crippen LogP contribution in [0.5, 0.6) is 17.2 Å². The fraction of sp³-hybridized carbons (Fsp3) is 0.250. The SMILES string of the molecule is COc1ccc(CCNC(=O)CSc2nnc3ccc(-c4ccccc4OC)nn23)cc1OC. The van der Waals surface area contributed by atoms with Crippen molar-refractivity contribution >= 4 is 23.3 Å². The van der Waals surface area contributed by atoms with Crippen molar-refractivity contribution in [3.8, 4) is 28.5 Å². The minimum absolute atomic E-state index is 0.0943. The van der Waals surface area contributed by atoms with Gasteiger partial charge in [-0.1, -0.05) is 30.0 Å². The number of nitrogens with one attached hydrogen (secondary N) is 1. The van der Waals surface area contributed by atoms with Gasteiger partial charge in [0.05, 0.1) is 32.8 Å². The molecule has 0 radical (unpaired) electrons. The molecule has 0 saturated heterocycles. The Morgan fingerprint density at radius 2 is 1.74 bits per heavy atom. The lowest BCUT2D eigenvalue weighted by molar-refractivity contribution is -0.118. The summed E-state index contributed by atoms with van der Waals surface area (Å²) in [5.41, 5.74) is 3.24. The lowest BCUT2D eigenvalue weighted by Gasteiger charge is -2.10. The Morgan fingerprint density at radius 1 is 0.941 bits per heavy atom. The van der Waals surface area contributed by atoms with Crippen LogP contribution in [0.2, 0.25) is 0 Å². The molecule has 176 valence electrons. The molecule has 1 N–H and O–H groups in total. The van der Waals surface area contributed by atoms with E-state index in [1.807, 2.05) is 54.6 Å². The van der Waals surface area contributed by atoms with E-state index in [4.69, 9.17) is 14.2 Å². The van der Waals surface area contributed by atoms with Crippen molar-refractivity contribution in [1.29, 1.82) is 0 Å². The van der Waals surface area contributed by atoms with Gasteiger partial charge in [-0.3, -0.25) is 4.79 Å². The molecule has 0 bridgehead atoms. The maximum absolute atomic E-state index is 12.4. The zero-order valence-corrected chi connectivity index (χ0v) is 20.0. The predicted molar refractivity (Wildman–Crippen MR) is 130 cm³/mol. The third-order valence-electron chi connectivity index (χ3n) is 5.13. The number of hydrogen-bond acceptors (Lipinski definition) is 8. The Kier molecular flexibility index (Phi) is 7.48. The van der Waals surface area contributed by atoms with Gasteiger partial charge in [0, 0.05) is 12.1 Å². The summed E-state index contributed by atoms with van der Waals surface area (Å²) < 4.78 is 17.7. The molecule has 4 aromatic rings. The van der Waals surface area contributed by atoms with Crippen LogP contribution in [0.15, 0.2) is 59.8 Å². The normalized spacial score (nSPS) is 10.8. The van der Waals surface area contributed by atoms with Gasteiger partial charge < -0.3 is 19.5 Å². The fourth-order valence-corrected chi connectivity index (χ4v) is 4.14. The van der Waals surface area contributed by atoms with Crippen LogP contribution in [0.3, 0.4) is 0 Å². The first-order chi connectivity index (χ1) is 16.6. The van der Waals surface area contributed by atoms with Gasteiger partial charge in [-0.2, -0.15) is 9.61 Å². The van der Waals surface area contributed by atoms with Crippen molar-refractivity contribution in [2.24, 2.45) is 0 Å². The average molecular weight is 480 g/mol. The number of carbonyl (C=O) groups excluding carboxylic acids is 1. The highest BCUT2D eigenvalue weighted by Crippen LogP contribution is 2.29. The smallest absolute Gasteiger partial charge is 0.230 e. The van der Waals surface area contributed by atoms with Gasteiger partial charge >= 0.3 is 0 Å². The summed E-state index contributed by atoms with van der Waals surface area (Å²) in [7, 11) is 4.83. The fourth-order valence-electron chi connectivity index (χ4n) is 3.42. The second-order valence-corrected chi connectivity index (χ2v) is 8.19. The summed E-state index contributed by atoms with van der Waals surface area (Å²) in [4.78, 5) is 12.4. The zero-order chi connectivity index (χ0) is 23.9. The van der Waals surface area contributed by atoms with E-state index in [1.165, 1.54) is 11.8 Å². The van der Waals surface area contributed by atoms with Crippen molar-refractivity contribution in [1.82, 2.24) is 25.1 Å². The molecule has 0 aliphatic rings. The standard InChI is InChI=1S/C24H25N5O4S/c1-31-19-7-5-4-6-17(19)18-9-11-22-26-27-24(29(22)28-18)34-15-23(30)25-13-12-16-8-10-20(32-2)21(14-16)33-3/h4-11,14H,12-13,15H2,1-3H3,(H,25,30). The molecule has 2 aromatic heterocycles. The van der Waals surface area contributed by atoms with E-state index in [9.17, 15) is 4.79 Å². The van der Waals surface area contributed by atoms with Crippen LogP contribution < -0.4 is 19.5 Å². The van der Waals surface area contributed by atoms with Crippen LogP contribution in [0.1, 0.15) is 5.56 Å². The minimum atomic E-state index is -0.0943. The van der Waals surface area contributed by atoms with E-state index in [0.29, 0.717) is 35.3 Å². The first-order valence-electron chi connectivity index (χ1n) is 10.6. The minimum Gasteiger partial charge on any atom is -0.496 e. The third kappa shape index (κ3) is 5.23. The van der Waals surface area contributed by atoms with Crippen LogP contribution in [0, 0.1) is 0 Å². The van der Waals surface area contributed by atoms with Gasteiger partial charge in [-0.25, -0.2) is 0 Å². The summed E-state index contributed by atoms with van der Waals surface area (Å²) in [6.07, 6.45) is 0.675. The summed E-state index contributed by atoms with van der Waals surface area (Å²) in [5, 5.41) is 16.5. The number of ether oxygens (including phenoxy) is 3. The second-order valence-electron chi connectivity index (χ2n) is 7.25. The van der Waals surface area contributed by atoms with Crippen LogP contribution >= 0.6 is 11.8 Å². The summed E-state index contributed by atoms with van der Waals surface area (Å²) >= 11 is 1.28. The topological polar surface area (TPSA) is 99.9 Å². The van der Waals surface area contributed by atoms with Crippen molar-refractivity contribution in [2.75, 3.05) is 33.6 Å². The molecule has 0 aliphatic heterocycles. The highest BCUT2D eigenvalue weighted by atomic mass is 32.2. The van der Waals surface area contributed by atoms with Crippen LogP contribution in [0.4, 0.5) is 0 Å². The number of nitrogens with zero attached hydrogens (tertiary/aromatic N) is 4. The molecule has 0 unspecified atom stereocenters. The van der Waals surface area contributed by atoms with Crippen molar-refractivity contribution < 1.29 is 19.0 Å². The molecule has 0 aliphatic carbocycles. The zero-order valence-electron chi connectivity index (χ0n) is 19.1. The molecule has 0 saturated carbocycles. The summed E-state index contributed by atoms with van der Waals surface area (Å²) in [5.74, 6) is 2.18. The lowest BCUT2D eigenvalue weighted by Crippen LogP contribution is -2.27. The van der Waals surface area contributed by atoms with Gasteiger partial charge in [0.1, 0.15) is 5.75 Å². The summed E-state index contributed by atoms with van der Waals surface area (Å²) in [6.45, 7) is 0.506. The highest BCUT2D eigenvalue weighted by molar-refractivity contribution is 7.99. The Balaban J connectivity index is 1.36. The predicted octanol–water partition coefficient (Wildman–Crippen LogP) is 3.27. The van der Waals surface area contributed by atoms with E-state index in [2.05, 4.69) is 20.6 Å². The molecular formula is C24H25N5O4S. The van der Waals surface area contributed by atoms with E-state index in [1.54, 1.807) is 25.8 Å². The molecule has 4 rings (SSSR count). The number of amides is 1. The first kappa shape index (κ1) is 23.4. The van der Waals surface area contributed by atoms with E-state index >= 15 is 0 Å². The molecule has 0 spiro atoms. The molecular weight excluding hydrogens is 454 g/mol. The van der Waals surface area contributed by atoms with Crippen molar-refractivity contribution in [2.45, 2.75) is 11.6 Å². The molecule has 2 heterocycles.